The zero-order valence-corrected chi connectivity index (χ0v) is 11.4. The minimum absolute atomic E-state index is 0.220. The van der Waals surface area contributed by atoms with E-state index in [0.717, 1.165) is 11.8 Å². The van der Waals surface area contributed by atoms with Gasteiger partial charge in [0.15, 0.2) is 0 Å². The molecular weight excluding hydrogens is 273 g/mol. The molecule has 0 radical (unpaired) electrons. The number of aromatic nitrogens is 1. The van der Waals surface area contributed by atoms with Crippen LogP contribution in [0.15, 0.2) is 17.2 Å². The Morgan fingerprint density at radius 2 is 1.95 bits per heavy atom. The van der Waals surface area contributed by atoms with Crippen LogP contribution in [-0.2, 0) is 12.7 Å². The van der Waals surface area contributed by atoms with Gasteiger partial charge in [-0.1, -0.05) is 18.9 Å². The van der Waals surface area contributed by atoms with E-state index in [0.29, 0.717) is 16.5 Å². The fourth-order valence-electron chi connectivity index (χ4n) is 2.28. The molecule has 6 heteroatoms. The Hall–Kier alpha value is -0.750. The molecule has 2 N–H and O–H groups in total. The van der Waals surface area contributed by atoms with Crippen molar-refractivity contribution >= 4 is 11.8 Å². The van der Waals surface area contributed by atoms with Gasteiger partial charge in [-0.05, 0) is 30.4 Å². The fourth-order valence-corrected chi connectivity index (χ4v) is 3.51. The largest absolute Gasteiger partial charge is 0.433 e. The average Bonchev–Trinajstić information content (AvgIpc) is 2.88. The zero-order valence-electron chi connectivity index (χ0n) is 10.5. The van der Waals surface area contributed by atoms with Crippen LogP contribution in [0, 0.1) is 5.92 Å². The highest BCUT2D eigenvalue weighted by Gasteiger charge is 2.33. The van der Waals surface area contributed by atoms with E-state index in [1.165, 1.54) is 43.5 Å². The summed E-state index contributed by atoms with van der Waals surface area (Å²) in [5.41, 5.74) is 5.42. The van der Waals surface area contributed by atoms with E-state index < -0.39 is 11.9 Å². The highest BCUT2D eigenvalue weighted by molar-refractivity contribution is 7.99. The fraction of sp³-hybridized carbons (Fsp3) is 0.615. The number of hydrogen-bond donors (Lipinski definition) is 1. The number of nitrogens with two attached hydrogens (primary N) is 1. The van der Waals surface area contributed by atoms with Crippen LogP contribution >= 0.6 is 11.8 Å². The van der Waals surface area contributed by atoms with E-state index in [1.807, 2.05) is 0 Å². The van der Waals surface area contributed by atoms with Gasteiger partial charge in [-0.3, -0.25) is 0 Å². The normalized spacial score (nSPS) is 17.1. The van der Waals surface area contributed by atoms with Gasteiger partial charge >= 0.3 is 6.18 Å². The van der Waals surface area contributed by atoms with Crippen LogP contribution in [0.5, 0.6) is 0 Å². The van der Waals surface area contributed by atoms with Gasteiger partial charge in [0.2, 0.25) is 0 Å². The first-order chi connectivity index (χ1) is 9.00. The van der Waals surface area contributed by atoms with Crippen LogP contribution in [0.25, 0.3) is 0 Å². The summed E-state index contributed by atoms with van der Waals surface area (Å²) >= 11 is 1.41. The first kappa shape index (κ1) is 14.7. The molecule has 0 amide bonds. The molecule has 0 aliphatic heterocycles. The van der Waals surface area contributed by atoms with Crippen molar-refractivity contribution in [1.82, 2.24) is 4.98 Å². The second kappa shape index (κ2) is 6.13. The van der Waals surface area contributed by atoms with Gasteiger partial charge in [0.25, 0.3) is 0 Å². The molecule has 0 bridgehead atoms. The smallest absolute Gasteiger partial charge is 0.326 e. The van der Waals surface area contributed by atoms with Crippen molar-refractivity contribution in [2.75, 3.05) is 5.75 Å². The van der Waals surface area contributed by atoms with Crippen molar-refractivity contribution < 1.29 is 13.2 Å². The van der Waals surface area contributed by atoms with Crippen LogP contribution in [-0.4, -0.2) is 10.7 Å². The summed E-state index contributed by atoms with van der Waals surface area (Å²) in [6, 6.07) is 2.44. The predicted octanol–water partition coefficient (Wildman–Crippen LogP) is 3.84. The molecule has 1 heterocycles. The lowest BCUT2D eigenvalue weighted by molar-refractivity contribution is -0.141. The lowest BCUT2D eigenvalue weighted by Gasteiger charge is -2.13. The third kappa shape index (κ3) is 3.86. The molecule has 106 valence electrons. The summed E-state index contributed by atoms with van der Waals surface area (Å²) in [4.78, 5) is 3.73. The minimum Gasteiger partial charge on any atom is -0.326 e. The van der Waals surface area contributed by atoms with Crippen molar-refractivity contribution in [3.63, 3.8) is 0 Å². The van der Waals surface area contributed by atoms with Crippen LogP contribution < -0.4 is 5.73 Å². The summed E-state index contributed by atoms with van der Waals surface area (Å²) in [6.07, 6.45) is 0.402. The number of pyridine rings is 1. The van der Waals surface area contributed by atoms with Crippen molar-refractivity contribution in [3.05, 3.63) is 23.4 Å². The minimum atomic E-state index is -4.39. The molecule has 0 atom stereocenters. The quantitative estimate of drug-likeness (QED) is 0.856. The number of halogens is 3. The van der Waals surface area contributed by atoms with Crippen molar-refractivity contribution in [1.29, 1.82) is 0 Å². The number of rotatable bonds is 4. The Morgan fingerprint density at radius 1 is 1.26 bits per heavy atom. The Bertz CT molecular complexity index is 428. The topological polar surface area (TPSA) is 38.9 Å². The molecular formula is C13H17F3N2S. The summed E-state index contributed by atoms with van der Waals surface area (Å²) in [6.45, 7) is 0.220. The third-order valence-electron chi connectivity index (χ3n) is 3.38. The predicted molar refractivity (Wildman–Crippen MR) is 69.8 cm³/mol. The monoisotopic (exact) mass is 290 g/mol. The van der Waals surface area contributed by atoms with Crippen molar-refractivity contribution in [2.45, 2.75) is 43.4 Å². The highest BCUT2D eigenvalue weighted by atomic mass is 32.2. The summed E-state index contributed by atoms with van der Waals surface area (Å²) in [5, 5.41) is 0.434. The third-order valence-corrected chi connectivity index (χ3v) is 4.64. The van der Waals surface area contributed by atoms with Gasteiger partial charge in [-0.25, -0.2) is 4.98 Å². The zero-order chi connectivity index (χ0) is 13.9. The molecule has 1 aliphatic rings. The molecule has 0 saturated heterocycles. The summed E-state index contributed by atoms with van der Waals surface area (Å²) < 4.78 is 37.9. The molecule has 1 aliphatic carbocycles. The molecule has 19 heavy (non-hydrogen) atoms. The second-order valence-electron chi connectivity index (χ2n) is 4.82. The lowest BCUT2D eigenvalue weighted by atomic mass is 10.1. The average molecular weight is 290 g/mol. The molecule has 1 aromatic rings. The van der Waals surface area contributed by atoms with E-state index in [-0.39, 0.29) is 6.54 Å². The maximum atomic E-state index is 12.6. The molecule has 0 spiro atoms. The van der Waals surface area contributed by atoms with Crippen LogP contribution in [0.2, 0.25) is 0 Å². The van der Waals surface area contributed by atoms with Crippen LogP contribution in [0.1, 0.15) is 36.9 Å². The molecule has 1 fully saturated rings. The summed E-state index contributed by atoms with van der Waals surface area (Å²) in [7, 11) is 0. The number of thioether (sulfide) groups is 1. The Balaban J connectivity index is 2.11. The van der Waals surface area contributed by atoms with E-state index in [1.54, 1.807) is 0 Å². The maximum absolute atomic E-state index is 12.6. The van der Waals surface area contributed by atoms with Crippen molar-refractivity contribution in [3.8, 4) is 0 Å². The van der Waals surface area contributed by atoms with Gasteiger partial charge in [0.1, 0.15) is 10.7 Å². The SMILES string of the molecule is NCc1ccc(C(F)(F)F)nc1SCC1CCCC1. The van der Waals surface area contributed by atoms with E-state index in [4.69, 9.17) is 5.73 Å². The van der Waals surface area contributed by atoms with Gasteiger partial charge < -0.3 is 5.73 Å². The van der Waals surface area contributed by atoms with Crippen LogP contribution in [0.3, 0.4) is 0 Å². The van der Waals surface area contributed by atoms with Crippen LogP contribution in [0.4, 0.5) is 13.2 Å². The Labute approximate surface area is 115 Å². The molecule has 2 rings (SSSR count). The molecule has 1 saturated carbocycles. The molecule has 0 unspecified atom stereocenters. The van der Waals surface area contributed by atoms with E-state index >= 15 is 0 Å². The first-order valence-electron chi connectivity index (χ1n) is 6.40. The maximum Gasteiger partial charge on any atom is 0.433 e. The summed E-state index contributed by atoms with van der Waals surface area (Å²) in [5.74, 6) is 1.44. The highest BCUT2D eigenvalue weighted by Crippen LogP contribution is 2.34. The van der Waals surface area contributed by atoms with Gasteiger partial charge in [0, 0.05) is 12.3 Å². The van der Waals surface area contributed by atoms with Gasteiger partial charge in [0.05, 0.1) is 0 Å². The van der Waals surface area contributed by atoms with Crippen molar-refractivity contribution in [2.24, 2.45) is 11.7 Å². The Morgan fingerprint density at radius 3 is 2.53 bits per heavy atom. The second-order valence-corrected chi connectivity index (χ2v) is 5.83. The van der Waals surface area contributed by atoms with Gasteiger partial charge in [-0.2, -0.15) is 13.2 Å². The van der Waals surface area contributed by atoms with E-state index in [2.05, 4.69) is 4.98 Å². The molecule has 2 nitrogen and oxygen atoms in total. The lowest BCUT2D eigenvalue weighted by Crippen LogP contribution is -2.11. The Kier molecular flexibility index (Phi) is 4.73. The number of nitrogens with zero attached hydrogens (tertiary/aromatic N) is 1. The van der Waals surface area contributed by atoms with Gasteiger partial charge in [-0.15, -0.1) is 11.8 Å². The molecule has 1 aromatic heterocycles. The number of hydrogen-bond acceptors (Lipinski definition) is 3. The molecule has 0 aromatic carbocycles. The number of alkyl halides is 3. The van der Waals surface area contributed by atoms with E-state index in [9.17, 15) is 13.2 Å². The first-order valence-corrected chi connectivity index (χ1v) is 7.39. The standard InChI is InChI=1S/C13H17F3N2S/c14-13(15,16)11-6-5-10(7-17)12(18-11)19-8-9-3-1-2-4-9/h5-6,9H,1-4,7-8,17H2.